The monoisotopic (exact) mass is 240 g/mol. The van der Waals surface area contributed by atoms with E-state index in [0.29, 0.717) is 0 Å². The van der Waals surface area contributed by atoms with Crippen LogP contribution < -0.4 is 0 Å². The highest BCUT2D eigenvalue weighted by molar-refractivity contribution is 5.97. The van der Waals surface area contributed by atoms with Crippen molar-refractivity contribution < 1.29 is 5.11 Å². The molecule has 0 saturated carbocycles. The third-order valence-electron chi connectivity index (χ3n) is 2.94. The molecule has 0 unspecified atom stereocenters. The van der Waals surface area contributed by atoms with Crippen molar-refractivity contribution in [3.63, 3.8) is 0 Å². The highest BCUT2D eigenvalue weighted by atomic mass is 16.3. The Morgan fingerprint density at radius 2 is 1.44 bits per heavy atom. The van der Waals surface area contributed by atoms with Gasteiger partial charge in [0.25, 0.3) is 0 Å². The number of fused-ring (bicyclic) bond motifs is 1. The van der Waals surface area contributed by atoms with Crippen LogP contribution in [0.3, 0.4) is 0 Å². The molecular formula is C17H20O. The van der Waals surface area contributed by atoms with Crippen molar-refractivity contribution in [2.24, 2.45) is 0 Å². The summed E-state index contributed by atoms with van der Waals surface area (Å²) >= 11 is 0. The van der Waals surface area contributed by atoms with Crippen LogP contribution in [0.5, 0.6) is 5.75 Å². The molecular weight excluding hydrogens is 220 g/mol. The standard InChI is InChI=1S/C15H14O.C2H6/c1-4-11-10(3)13-8-6-7-9-14(13)15(16)12(11)5-2;1-2/h4-9,16H,1-2H2,3H3;1-2H3. The Bertz CT molecular complexity index is 527. The third kappa shape index (κ3) is 2.17. The molecule has 0 radical (unpaired) electrons. The summed E-state index contributed by atoms with van der Waals surface area (Å²) in [7, 11) is 0. The quantitative estimate of drug-likeness (QED) is 0.768. The highest BCUT2D eigenvalue weighted by Crippen LogP contribution is 2.36. The van der Waals surface area contributed by atoms with Gasteiger partial charge < -0.3 is 5.11 Å². The van der Waals surface area contributed by atoms with Crippen LogP contribution in [0.1, 0.15) is 30.5 Å². The molecule has 1 nitrogen and oxygen atoms in total. The van der Waals surface area contributed by atoms with Gasteiger partial charge in [0.05, 0.1) is 0 Å². The minimum absolute atomic E-state index is 0.283. The zero-order valence-corrected chi connectivity index (χ0v) is 11.3. The molecule has 0 heterocycles. The second kappa shape index (κ2) is 6.06. The summed E-state index contributed by atoms with van der Waals surface area (Å²) in [6.45, 7) is 13.6. The van der Waals surface area contributed by atoms with Gasteiger partial charge in [-0.2, -0.15) is 0 Å². The van der Waals surface area contributed by atoms with Crippen LogP contribution in [0, 0.1) is 6.92 Å². The predicted molar refractivity (Wildman–Crippen MR) is 81.9 cm³/mol. The lowest BCUT2D eigenvalue weighted by atomic mass is 9.94. The topological polar surface area (TPSA) is 20.2 Å². The van der Waals surface area contributed by atoms with Crippen LogP contribution in [0.15, 0.2) is 37.4 Å². The molecule has 1 N–H and O–H groups in total. The van der Waals surface area contributed by atoms with Crippen molar-refractivity contribution >= 4 is 22.9 Å². The Labute approximate surface area is 109 Å². The van der Waals surface area contributed by atoms with E-state index in [9.17, 15) is 5.11 Å². The SMILES string of the molecule is C=Cc1c(C=C)c(O)c2ccccc2c1C.CC. The van der Waals surface area contributed by atoms with E-state index < -0.39 is 0 Å². The molecule has 0 fully saturated rings. The smallest absolute Gasteiger partial charge is 0.131 e. The molecule has 94 valence electrons. The maximum Gasteiger partial charge on any atom is 0.131 e. The van der Waals surface area contributed by atoms with Gasteiger partial charge in [-0.15, -0.1) is 0 Å². The Kier molecular flexibility index (Phi) is 4.73. The molecule has 0 spiro atoms. The molecule has 0 amide bonds. The van der Waals surface area contributed by atoms with E-state index in [0.717, 1.165) is 27.5 Å². The van der Waals surface area contributed by atoms with Gasteiger partial charge in [0, 0.05) is 10.9 Å². The van der Waals surface area contributed by atoms with Crippen molar-refractivity contribution in [1.82, 2.24) is 0 Å². The van der Waals surface area contributed by atoms with Gasteiger partial charge in [-0.25, -0.2) is 0 Å². The van der Waals surface area contributed by atoms with Crippen LogP contribution in [-0.4, -0.2) is 5.11 Å². The molecule has 0 saturated heterocycles. The third-order valence-corrected chi connectivity index (χ3v) is 2.94. The van der Waals surface area contributed by atoms with E-state index >= 15 is 0 Å². The van der Waals surface area contributed by atoms with Crippen molar-refractivity contribution in [1.29, 1.82) is 0 Å². The Morgan fingerprint density at radius 1 is 0.944 bits per heavy atom. The van der Waals surface area contributed by atoms with E-state index in [4.69, 9.17) is 0 Å². The van der Waals surface area contributed by atoms with Crippen LogP contribution in [0.4, 0.5) is 0 Å². The van der Waals surface area contributed by atoms with E-state index in [-0.39, 0.29) is 5.75 Å². The van der Waals surface area contributed by atoms with Crippen molar-refractivity contribution in [3.8, 4) is 5.75 Å². The fourth-order valence-electron chi connectivity index (χ4n) is 2.11. The minimum atomic E-state index is 0.283. The number of phenolic OH excluding ortho intramolecular Hbond substituents is 1. The van der Waals surface area contributed by atoms with E-state index in [1.54, 1.807) is 12.2 Å². The lowest BCUT2D eigenvalue weighted by molar-refractivity contribution is 0.480. The molecule has 2 aromatic rings. The number of aromatic hydroxyl groups is 1. The van der Waals surface area contributed by atoms with Crippen molar-refractivity contribution in [2.75, 3.05) is 0 Å². The largest absolute Gasteiger partial charge is 0.507 e. The Hall–Kier alpha value is -2.02. The maximum absolute atomic E-state index is 10.2. The molecule has 0 bridgehead atoms. The summed E-state index contributed by atoms with van der Waals surface area (Å²) in [6, 6.07) is 7.80. The summed E-state index contributed by atoms with van der Waals surface area (Å²) in [4.78, 5) is 0. The van der Waals surface area contributed by atoms with Gasteiger partial charge in [0.1, 0.15) is 5.75 Å². The first-order valence-corrected chi connectivity index (χ1v) is 6.19. The summed E-state index contributed by atoms with van der Waals surface area (Å²) in [5.41, 5.74) is 2.83. The van der Waals surface area contributed by atoms with E-state index in [2.05, 4.69) is 13.2 Å². The molecule has 2 aromatic carbocycles. The average Bonchev–Trinajstić information content (AvgIpc) is 2.44. The van der Waals surface area contributed by atoms with Crippen LogP contribution in [0.2, 0.25) is 0 Å². The maximum atomic E-state index is 10.2. The zero-order valence-electron chi connectivity index (χ0n) is 11.3. The molecule has 0 aliphatic rings. The molecule has 18 heavy (non-hydrogen) atoms. The van der Waals surface area contributed by atoms with E-state index in [1.807, 2.05) is 45.0 Å². The van der Waals surface area contributed by atoms with Crippen LogP contribution in [0.25, 0.3) is 22.9 Å². The Balaban J connectivity index is 0.000000771. The predicted octanol–water partition coefficient (Wildman–Crippen LogP) is 5.17. The fourth-order valence-corrected chi connectivity index (χ4v) is 2.11. The number of phenols is 1. The van der Waals surface area contributed by atoms with Crippen molar-refractivity contribution in [3.05, 3.63) is 54.1 Å². The minimum Gasteiger partial charge on any atom is -0.507 e. The van der Waals surface area contributed by atoms with Gasteiger partial charge in [-0.05, 0) is 23.4 Å². The lowest BCUT2D eigenvalue weighted by Gasteiger charge is -2.12. The number of hydrogen-bond donors (Lipinski definition) is 1. The molecule has 1 heteroatoms. The molecule has 2 rings (SSSR count). The molecule has 0 aliphatic heterocycles. The number of benzene rings is 2. The van der Waals surface area contributed by atoms with Gasteiger partial charge in [-0.1, -0.05) is 63.4 Å². The van der Waals surface area contributed by atoms with Gasteiger partial charge in [0.15, 0.2) is 0 Å². The van der Waals surface area contributed by atoms with Gasteiger partial charge >= 0.3 is 0 Å². The zero-order chi connectivity index (χ0) is 13.7. The summed E-state index contributed by atoms with van der Waals surface area (Å²) < 4.78 is 0. The first-order valence-electron chi connectivity index (χ1n) is 6.19. The second-order valence-corrected chi connectivity index (χ2v) is 3.75. The van der Waals surface area contributed by atoms with Gasteiger partial charge in [-0.3, -0.25) is 0 Å². The summed E-state index contributed by atoms with van der Waals surface area (Å²) in [6.07, 6.45) is 3.43. The van der Waals surface area contributed by atoms with Crippen molar-refractivity contribution in [2.45, 2.75) is 20.8 Å². The highest BCUT2D eigenvalue weighted by Gasteiger charge is 2.11. The number of aryl methyl sites for hydroxylation is 1. The molecule has 0 aromatic heterocycles. The lowest BCUT2D eigenvalue weighted by Crippen LogP contribution is -1.90. The van der Waals surface area contributed by atoms with Crippen LogP contribution >= 0.6 is 0 Å². The number of hydrogen-bond acceptors (Lipinski definition) is 1. The molecule has 0 atom stereocenters. The summed E-state index contributed by atoms with van der Waals surface area (Å²) in [5.74, 6) is 0.283. The first-order chi connectivity index (χ1) is 8.70. The summed E-state index contributed by atoms with van der Waals surface area (Å²) in [5, 5.41) is 12.1. The Morgan fingerprint density at radius 3 is 1.94 bits per heavy atom. The molecule has 0 aliphatic carbocycles. The normalized spacial score (nSPS) is 9.50. The van der Waals surface area contributed by atoms with Gasteiger partial charge in [0.2, 0.25) is 0 Å². The van der Waals surface area contributed by atoms with Crippen LogP contribution in [-0.2, 0) is 0 Å². The van der Waals surface area contributed by atoms with E-state index in [1.165, 1.54) is 0 Å². The fraction of sp³-hybridized carbons (Fsp3) is 0.176. The first kappa shape index (κ1) is 14.0. The number of rotatable bonds is 2. The average molecular weight is 240 g/mol. The second-order valence-electron chi connectivity index (χ2n) is 3.75.